The molecule has 2 aliphatic heterocycles. The summed E-state index contributed by atoms with van der Waals surface area (Å²) in [5.41, 5.74) is 6.22. The first-order valence-electron chi connectivity index (χ1n) is 18.2. The molecule has 4 aromatic rings. The number of likely N-dealkylation sites (N-methyl/N-ethyl adjacent to an activating group) is 1. The number of rotatable bonds is 7. The molecule has 1 aromatic heterocycles. The molecule has 2 saturated carbocycles. The molecule has 2 amide bonds. The van der Waals surface area contributed by atoms with E-state index in [-0.39, 0.29) is 23.4 Å². The third-order valence-electron chi connectivity index (χ3n) is 11.9. The lowest BCUT2D eigenvalue weighted by molar-refractivity contribution is -0.143. The maximum absolute atomic E-state index is 15.3. The third kappa shape index (κ3) is 5.74. The van der Waals surface area contributed by atoms with E-state index in [1.165, 1.54) is 26.1 Å². The van der Waals surface area contributed by atoms with Crippen LogP contribution in [-0.4, -0.2) is 86.8 Å². The van der Waals surface area contributed by atoms with Crippen LogP contribution in [-0.2, 0) is 21.5 Å². The first kappa shape index (κ1) is 33.9. The summed E-state index contributed by atoms with van der Waals surface area (Å²) in [7, 11) is 2.59. The van der Waals surface area contributed by atoms with Gasteiger partial charge in [0.2, 0.25) is 5.91 Å². The van der Waals surface area contributed by atoms with Gasteiger partial charge in [0.05, 0.1) is 24.3 Å². The van der Waals surface area contributed by atoms with Crippen LogP contribution in [0.2, 0.25) is 0 Å². The summed E-state index contributed by atoms with van der Waals surface area (Å²) in [5, 5.41) is 1.06. The second-order valence-electron chi connectivity index (χ2n) is 15.2. The molecule has 268 valence electrons. The molecule has 10 nitrogen and oxygen atoms in total. The summed E-state index contributed by atoms with van der Waals surface area (Å²) in [4.78, 5) is 33.2. The Morgan fingerprint density at radius 3 is 2.45 bits per heavy atom. The third-order valence-corrected chi connectivity index (χ3v) is 13.3. The fourth-order valence-corrected chi connectivity index (χ4v) is 9.63. The Labute approximate surface area is 300 Å². The average molecular weight is 710 g/mol. The van der Waals surface area contributed by atoms with Crippen LogP contribution in [0.3, 0.4) is 0 Å². The number of ether oxygens (including phenoxy) is 1. The van der Waals surface area contributed by atoms with Crippen LogP contribution in [0.15, 0.2) is 66.7 Å². The van der Waals surface area contributed by atoms with Crippen molar-refractivity contribution in [2.75, 3.05) is 47.9 Å². The van der Waals surface area contributed by atoms with Gasteiger partial charge in [-0.1, -0.05) is 55.7 Å². The second-order valence-corrected chi connectivity index (χ2v) is 17.1. The summed E-state index contributed by atoms with van der Waals surface area (Å²) < 4.78 is 36.6. The van der Waals surface area contributed by atoms with E-state index in [0.29, 0.717) is 19.0 Å². The molecule has 8 rings (SSSR count). The van der Waals surface area contributed by atoms with Crippen molar-refractivity contribution in [1.29, 1.82) is 0 Å². The van der Waals surface area contributed by atoms with Gasteiger partial charge in [-0.25, -0.2) is 4.72 Å². The molecule has 1 unspecified atom stereocenters. The molecule has 1 saturated heterocycles. The van der Waals surface area contributed by atoms with Gasteiger partial charge in [-0.3, -0.25) is 9.59 Å². The van der Waals surface area contributed by atoms with Crippen molar-refractivity contribution in [2.45, 2.75) is 62.9 Å². The van der Waals surface area contributed by atoms with Crippen molar-refractivity contribution in [3.05, 3.63) is 89.0 Å². The highest BCUT2D eigenvalue weighted by atomic mass is 32.2. The van der Waals surface area contributed by atoms with Gasteiger partial charge >= 0.3 is 10.2 Å². The van der Waals surface area contributed by atoms with Crippen molar-refractivity contribution in [3.63, 3.8) is 0 Å². The highest BCUT2D eigenvalue weighted by molar-refractivity contribution is 7.87. The largest absolute Gasteiger partial charge is 0.497 e. The lowest BCUT2D eigenvalue weighted by Crippen LogP contribution is -2.52. The van der Waals surface area contributed by atoms with E-state index in [0.717, 1.165) is 88.5 Å². The minimum absolute atomic E-state index is 0.0112. The normalized spacial score (nSPS) is 23.7. The molecule has 11 heteroatoms. The predicted octanol–water partition coefficient (Wildman–Crippen LogP) is 5.90. The SMILES string of the molecule is COc1ccc2c(c1)[C@@H]1C[C@]1(C(=O)N1CCN(C)CC1c1ccccc1)Cn1c-2c(C2CCCCC2)c2ccc(C(=O)NS(=O)(=O)N(C)C)cc21. The van der Waals surface area contributed by atoms with Gasteiger partial charge in [0.15, 0.2) is 0 Å². The van der Waals surface area contributed by atoms with Crippen molar-refractivity contribution in [3.8, 4) is 17.0 Å². The fourth-order valence-electron chi connectivity index (χ4n) is 9.10. The second kappa shape index (κ2) is 12.8. The maximum Gasteiger partial charge on any atom is 0.303 e. The number of benzene rings is 3. The molecular weight excluding hydrogens is 663 g/mol. The predicted molar refractivity (Wildman–Crippen MR) is 198 cm³/mol. The van der Waals surface area contributed by atoms with E-state index in [2.05, 4.69) is 50.4 Å². The van der Waals surface area contributed by atoms with Crippen molar-refractivity contribution >= 4 is 32.9 Å². The quantitative estimate of drug-likeness (QED) is 0.256. The Balaban J connectivity index is 1.31. The van der Waals surface area contributed by atoms with E-state index in [1.54, 1.807) is 13.2 Å². The molecule has 0 spiro atoms. The number of hydrogen-bond donors (Lipinski definition) is 1. The van der Waals surface area contributed by atoms with Gasteiger partial charge in [-0.15, -0.1) is 0 Å². The molecule has 0 radical (unpaired) electrons. The van der Waals surface area contributed by atoms with Crippen LogP contribution in [0.5, 0.6) is 5.75 Å². The molecule has 51 heavy (non-hydrogen) atoms. The molecule has 3 aromatic carbocycles. The Bertz CT molecular complexity index is 2120. The Kier molecular flexibility index (Phi) is 8.51. The highest BCUT2D eigenvalue weighted by Crippen LogP contribution is 2.66. The first-order chi connectivity index (χ1) is 24.5. The van der Waals surface area contributed by atoms with E-state index in [4.69, 9.17) is 4.74 Å². The van der Waals surface area contributed by atoms with Crippen LogP contribution >= 0.6 is 0 Å². The Morgan fingerprint density at radius 1 is 0.961 bits per heavy atom. The van der Waals surface area contributed by atoms with Crippen LogP contribution < -0.4 is 9.46 Å². The van der Waals surface area contributed by atoms with Gasteiger partial charge in [0, 0.05) is 68.2 Å². The molecule has 4 aliphatic rings. The van der Waals surface area contributed by atoms with Gasteiger partial charge in [-0.05, 0) is 79.3 Å². The zero-order chi connectivity index (χ0) is 35.7. The lowest BCUT2D eigenvalue weighted by Gasteiger charge is -2.42. The van der Waals surface area contributed by atoms with Crippen molar-refractivity contribution in [1.82, 2.24) is 23.4 Å². The summed E-state index contributed by atoms with van der Waals surface area (Å²) in [6, 6.07) is 22.1. The molecule has 3 heterocycles. The number of nitrogens with one attached hydrogen (secondary N) is 1. The van der Waals surface area contributed by atoms with E-state index < -0.39 is 21.5 Å². The molecular formula is C40H47N5O5S. The van der Waals surface area contributed by atoms with Crippen LogP contribution in [0.25, 0.3) is 22.2 Å². The number of piperazine rings is 1. The molecule has 3 atom stereocenters. The zero-order valence-corrected chi connectivity index (χ0v) is 30.7. The van der Waals surface area contributed by atoms with Crippen LogP contribution in [0.4, 0.5) is 0 Å². The van der Waals surface area contributed by atoms with E-state index in [9.17, 15) is 13.2 Å². The summed E-state index contributed by atoms with van der Waals surface area (Å²) in [5.74, 6) is 0.605. The highest BCUT2D eigenvalue weighted by Gasteiger charge is 2.64. The summed E-state index contributed by atoms with van der Waals surface area (Å²) in [6.45, 7) is 2.68. The topological polar surface area (TPSA) is 104 Å². The summed E-state index contributed by atoms with van der Waals surface area (Å²) >= 11 is 0. The van der Waals surface area contributed by atoms with Crippen molar-refractivity contribution < 1.29 is 22.7 Å². The lowest BCUT2D eigenvalue weighted by atomic mass is 9.81. The number of aromatic nitrogens is 1. The molecule has 3 fully saturated rings. The molecule has 2 aliphatic carbocycles. The van der Waals surface area contributed by atoms with Gasteiger partial charge < -0.3 is 19.1 Å². The van der Waals surface area contributed by atoms with Crippen molar-refractivity contribution in [2.24, 2.45) is 5.41 Å². The number of amides is 2. The minimum Gasteiger partial charge on any atom is -0.497 e. The van der Waals surface area contributed by atoms with Gasteiger partial charge in [0.25, 0.3) is 5.91 Å². The molecule has 1 N–H and O–H groups in total. The number of hydrogen-bond acceptors (Lipinski definition) is 6. The Hall–Kier alpha value is -4.19. The number of carbonyl (C=O) groups excluding carboxylic acids is 2. The standard InChI is InChI=1S/C40H47N5O5S/c1-42(2)51(48,49)41-38(46)28-15-17-31-34(21-28)45-25-40(39(47)44-20-19-43(3)24-35(44)26-11-7-5-8-12-26)23-33(40)32-22-29(50-4)16-18-30(32)37(45)36(31)27-13-9-6-10-14-27/h5,7-8,11-12,15-18,21-22,27,33,35H,6,9-10,13-14,19-20,23-25H2,1-4H3,(H,41,46)/t33-,35?,40-/m0/s1. The van der Waals surface area contributed by atoms with Crippen LogP contribution in [0.1, 0.15) is 83.5 Å². The summed E-state index contributed by atoms with van der Waals surface area (Å²) in [6.07, 6.45) is 6.41. The zero-order valence-electron chi connectivity index (χ0n) is 29.9. The molecule has 0 bridgehead atoms. The number of fused-ring (bicyclic) bond motifs is 7. The van der Waals surface area contributed by atoms with Crippen LogP contribution in [0, 0.1) is 5.41 Å². The van der Waals surface area contributed by atoms with Gasteiger partial charge in [-0.2, -0.15) is 12.7 Å². The monoisotopic (exact) mass is 709 g/mol. The maximum atomic E-state index is 15.3. The van der Waals surface area contributed by atoms with Gasteiger partial charge in [0.1, 0.15) is 5.75 Å². The average Bonchev–Trinajstić information content (AvgIpc) is 3.81. The minimum atomic E-state index is -3.99. The van der Waals surface area contributed by atoms with E-state index >= 15 is 4.79 Å². The number of carbonyl (C=O) groups is 2. The smallest absolute Gasteiger partial charge is 0.303 e. The fraction of sp³-hybridized carbons (Fsp3) is 0.450. The number of nitrogens with zero attached hydrogens (tertiary/aromatic N) is 4. The number of methoxy groups -OCH3 is 1. The Morgan fingerprint density at radius 2 is 1.73 bits per heavy atom. The first-order valence-corrected chi connectivity index (χ1v) is 19.6. The van der Waals surface area contributed by atoms with E-state index in [1.807, 2.05) is 36.4 Å².